The summed E-state index contributed by atoms with van der Waals surface area (Å²) in [6.45, 7) is 5.89. The van der Waals surface area contributed by atoms with Gasteiger partial charge in [-0.3, -0.25) is 9.88 Å². The van der Waals surface area contributed by atoms with Gasteiger partial charge in [0.15, 0.2) is 0 Å². The van der Waals surface area contributed by atoms with Crippen molar-refractivity contribution in [3.63, 3.8) is 0 Å². The summed E-state index contributed by atoms with van der Waals surface area (Å²) in [6, 6.07) is 6.16. The summed E-state index contributed by atoms with van der Waals surface area (Å²) in [5.74, 6) is 1.20. The second-order valence-electron chi connectivity index (χ2n) is 4.82. The first kappa shape index (κ1) is 12.3. The molecule has 0 amide bonds. The molecular weight excluding hydrogens is 242 g/mol. The zero-order valence-corrected chi connectivity index (χ0v) is 10.9. The third-order valence-corrected chi connectivity index (χ3v) is 3.17. The van der Waals surface area contributed by atoms with Crippen LogP contribution in [-0.4, -0.2) is 45.7 Å². The first-order chi connectivity index (χ1) is 9.31. The quantitative estimate of drug-likeness (QED) is 0.884. The molecule has 1 atom stereocenters. The fourth-order valence-corrected chi connectivity index (χ4v) is 2.27. The third-order valence-electron chi connectivity index (χ3n) is 3.17. The lowest BCUT2D eigenvalue weighted by Gasteiger charge is -2.30. The van der Waals surface area contributed by atoms with E-state index in [1.54, 1.807) is 6.20 Å². The van der Waals surface area contributed by atoms with Crippen molar-refractivity contribution >= 4 is 0 Å². The zero-order chi connectivity index (χ0) is 13.1. The lowest BCUT2D eigenvalue weighted by Crippen LogP contribution is -2.48. The van der Waals surface area contributed by atoms with Gasteiger partial charge in [0.25, 0.3) is 0 Å². The molecule has 100 valence electrons. The van der Waals surface area contributed by atoms with Crippen molar-refractivity contribution in [3.8, 4) is 11.5 Å². The average Bonchev–Trinajstić information content (AvgIpc) is 2.88. The van der Waals surface area contributed by atoms with Gasteiger partial charge in [-0.25, -0.2) is 0 Å². The Hall–Kier alpha value is -1.79. The van der Waals surface area contributed by atoms with Crippen molar-refractivity contribution in [1.29, 1.82) is 0 Å². The van der Waals surface area contributed by atoms with Crippen molar-refractivity contribution in [2.24, 2.45) is 0 Å². The summed E-state index contributed by atoms with van der Waals surface area (Å²) in [7, 11) is 0. The van der Waals surface area contributed by atoms with E-state index in [-0.39, 0.29) is 0 Å². The van der Waals surface area contributed by atoms with Crippen molar-refractivity contribution in [2.45, 2.75) is 19.5 Å². The number of rotatable bonds is 3. The van der Waals surface area contributed by atoms with Crippen LogP contribution in [0.3, 0.4) is 0 Å². The Morgan fingerprint density at radius 1 is 1.47 bits per heavy atom. The second kappa shape index (κ2) is 5.46. The lowest BCUT2D eigenvalue weighted by molar-refractivity contribution is 0.177. The van der Waals surface area contributed by atoms with E-state index in [4.69, 9.17) is 4.52 Å². The van der Waals surface area contributed by atoms with Crippen LogP contribution in [0.25, 0.3) is 11.5 Å². The fourth-order valence-electron chi connectivity index (χ4n) is 2.27. The van der Waals surface area contributed by atoms with Crippen molar-refractivity contribution in [2.75, 3.05) is 19.6 Å². The van der Waals surface area contributed by atoms with Crippen LogP contribution < -0.4 is 5.32 Å². The minimum absolute atomic E-state index is 0.506. The Morgan fingerprint density at radius 2 is 2.42 bits per heavy atom. The second-order valence-corrected chi connectivity index (χ2v) is 4.82. The maximum atomic E-state index is 5.29. The molecule has 2 aromatic rings. The number of aromatic nitrogens is 3. The summed E-state index contributed by atoms with van der Waals surface area (Å²) in [5, 5.41) is 7.39. The average molecular weight is 259 g/mol. The van der Waals surface area contributed by atoms with Crippen molar-refractivity contribution in [1.82, 2.24) is 25.3 Å². The Labute approximate surface area is 111 Å². The van der Waals surface area contributed by atoms with Gasteiger partial charge < -0.3 is 9.84 Å². The Bertz CT molecular complexity index is 527. The van der Waals surface area contributed by atoms with E-state index in [1.165, 1.54) is 0 Å². The molecule has 1 aliphatic rings. The first-order valence-corrected chi connectivity index (χ1v) is 6.51. The molecule has 2 aromatic heterocycles. The summed E-state index contributed by atoms with van der Waals surface area (Å²) in [4.78, 5) is 10.9. The maximum Gasteiger partial charge on any atom is 0.241 e. The number of hydrogen-bond acceptors (Lipinski definition) is 6. The molecule has 1 aliphatic heterocycles. The molecule has 6 nitrogen and oxygen atoms in total. The van der Waals surface area contributed by atoms with Crippen LogP contribution in [-0.2, 0) is 6.54 Å². The summed E-state index contributed by atoms with van der Waals surface area (Å²) in [5.41, 5.74) is 0.742. The normalized spacial score (nSPS) is 20.6. The van der Waals surface area contributed by atoms with E-state index in [2.05, 4.69) is 32.3 Å². The van der Waals surface area contributed by atoms with Crippen LogP contribution >= 0.6 is 0 Å². The van der Waals surface area contributed by atoms with Crippen LogP contribution in [0.15, 0.2) is 28.9 Å². The minimum Gasteiger partial charge on any atom is -0.337 e. The van der Waals surface area contributed by atoms with E-state index in [1.807, 2.05) is 18.2 Å². The van der Waals surface area contributed by atoms with E-state index < -0.39 is 0 Å². The van der Waals surface area contributed by atoms with E-state index in [0.29, 0.717) is 24.3 Å². The number of pyridine rings is 1. The van der Waals surface area contributed by atoms with E-state index in [9.17, 15) is 0 Å². The van der Waals surface area contributed by atoms with Gasteiger partial charge >= 0.3 is 0 Å². The molecule has 1 N–H and O–H groups in total. The van der Waals surface area contributed by atoms with Gasteiger partial charge in [-0.2, -0.15) is 4.98 Å². The van der Waals surface area contributed by atoms with Gasteiger partial charge in [-0.15, -0.1) is 0 Å². The molecule has 3 heterocycles. The molecule has 3 rings (SSSR count). The highest BCUT2D eigenvalue weighted by Crippen LogP contribution is 2.13. The Morgan fingerprint density at radius 3 is 3.21 bits per heavy atom. The molecule has 19 heavy (non-hydrogen) atoms. The highest BCUT2D eigenvalue weighted by Gasteiger charge is 2.18. The van der Waals surface area contributed by atoms with Crippen molar-refractivity contribution < 1.29 is 4.52 Å². The number of nitrogens with zero attached hydrogens (tertiary/aromatic N) is 4. The topological polar surface area (TPSA) is 67.1 Å². The SMILES string of the molecule is C[C@H]1CN(Cc2nc(-c3ccccn3)no2)CCN1. The highest BCUT2D eigenvalue weighted by molar-refractivity contribution is 5.46. The number of piperazine rings is 1. The van der Waals surface area contributed by atoms with Crippen LogP contribution in [0.1, 0.15) is 12.8 Å². The van der Waals surface area contributed by atoms with E-state index >= 15 is 0 Å². The van der Waals surface area contributed by atoms with Gasteiger partial charge in [-0.05, 0) is 19.1 Å². The van der Waals surface area contributed by atoms with Gasteiger partial charge in [-0.1, -0.05) is 11.2 Å². The Balaban J connectivity index is 1.68. The monoisotopic (exact) mass is 259 g/mol. The third kappa shape index (κ3) is 2.97. The molecule has 0 aliphatic carbocycles. The van der Waals surface area contributed by atoms with E-state index in [0.717, 1.165) is 25.3 Å². The van der Waals surface area contributed by atoms with Gasteiger partial charge in [0.1, 0.15) is 5.69 Å². The van der Waals surface area contributed by atoms with Gasteiger partial charge in [0, 0.05) is 31.9 Å². The van der Waals surface area contributed by atoms with Crippen LogP contribution in [0.5, 0.6) is 0 Å². The van der Waals surface area contributed by atoms with Crippen LogP contribution in [0.2, 0.25) is 0 Å². The maximum absolute atomic E-state index is 5.29. The zero-order valence-electron chi connectivity index (χ0n) is 10.9. The van der Waals surface area contributed by atoms with Gasteiger partial charge in [0.05, 0.1) is 6.54 Å². The molecule has 0 unspecified atom stereocenters. The first-order valence-electron chi connectivity index (χ1n) is 6.51. The van der Waals surface area contributed by atoms with Crippen LogP contribution in [0, 0.1) is 0 Å². The largest absolute Gasteiger partial charge is 0.337 e. The molecule has 0 aromatic carbocycles. The van der Waals surface area contributed by atoms with Gasteiger partial charge in [0.2, 0.25) is 11.7 Å². The Kier molecular flexibility index (Phi) is 3.52. The molecule has 0 bridgehead atoms. The standard InChI is InChI=1S/C13H17N5O/c1-10-8-18(7-6-14-10)9-12-16-13(17-19-12)11-4-2-3-5-15-11/h2-5,10,14H,6-9H2,1H3/t10-/m0/s1. The molecule has 0 radical (unpaired) electrons. The summed E-state index contributed by atoms with van der Waals surface area (Å²) >= 11 is 0. The summed E-state index contributed by atoms with van der Waals surface area (Å²) < 4.78 is 5.29. The van der Waals surface area contributed by atoms with Crippen molar-refractivity contribution in [3.05, 3.63) is 30.3 Å². The highest BCUT2D eigenvalue weighted by atomic mass is 16.5. The molecular formula is C13H17N5O. The smallest absolute Gasteiger partial charge is 0.241 e. The molecule has 1 saturated heterocycles. The number of hydrogen-bond donors (Lipinski definition) is 1. The minimum atomic E-state index is 0.506. The molecule has 1 fully saturated rings. The van der Waals surface area contributed by atoms with Crippen LogP contribution in [0.4, 0.5) is 0 Å². The predicted octanol–water partition coefficient (Wildman–Crippen LogP) is 0.925. The predicted molar refractivity (Wildman–Crippen MR) is 70.3 cm³/mol. The molecule has 0 spiro atoms. The molecule has 0 saturated carbocycles. The number of nitrogens with one attached hydrogen (secondary N) is 1. The lowest BCUT2D eigenvalue weighted by atomic mass is 10.2. The fraction of sp³-hybridized carbons (Fsp3) is 0.462. The molecule has 6 heteroatoms. The summed E-state index contributed by atoms with van der Waals surface area (Å²) in [6.07, 6.45) is 1.73.